The van der Waals surface area contributed by atoms with Gasteiger partial charge in [-0.15, -0.1) is 0 Å². The number of benzene rings is 1. The number of aliphatic hydroxyl groups excluding tert-OH is 1. The quantitative estimate of drug-likeness (QED) is 0.818. The maximum atomic E-state index is 9.73. The molecule has 1 saturated carbocycles. The summed E-state index contributed by atoms with van der Waals surface area (Å²) in [7, 11) is 0. The number of aryl methyl sites for hydroxylation is 1. The van der Waals surface area contributed by atoms with Gasteiger partial charge in [-0.25, -0.2) is 0 Å². The van der Waals surface area contributed by atoms with Crippen molar-refractivity contribution in [3.8, 4) is 5.75 Å². The molecule has 3 nitrogen and oxygen atoms in total. The molecule has 1 unspecified atom stereocenters. The summed E-state index contributed by atoms with van der Waals surface area (Å²) in [5, 5.41) is 13.6. The van der Waals surface area contributed by atoms with Gasteiger partial charge in [-0.3, -0.25) is 0 Å². The second-order valence-corrected chi connectivity index (χ2v) is 4.99. The number of ether oxygens (including phenoxy) is 1. The second kappa shape index (κ2) is 5.71. The first-order valence-corrected chi connectivity index (χ1v) is 6.33. The zero-order valence-electron chi connectivity index (χ0n) is 9.95. The molecule has 0 heterocycles. The van der Waals surface area contributed by atoms with Gasteiger partial charge in [-0.05, 0) is 37.5 Å². The highest BCUT2D eigenvalue weighted by molar-refractivity contribution is 6.30. The average molecular weight is 256 g/mol. The summed E-state index contributed by atoms with van der Waals surface area (Å²) in [5.74, 6) is 0.739. The molecular formula is C13H18ClNO2. The minimum atomic E-state index is -0.478. The lowest BCUT2D eigenvalue weighted by Crippen LogP contribution is -2.32. The Kier molecular flexibility index (Phi) is 4.26. The largest absolute Gasteiger partial charge is 0.491 e. The molecule has 2 rings (SSSR count). The third-order valence-electron chi connectivity index (χ3n) is 2.80. The van der Waals surface area contributed by atoms with E-state index in [2.05, 4.69) is 5.32 Å². The molecule has 0 spiro atoms. The Morgan fingerprint density at radius 1 is 1.53 bits per heavy atom. The van der Waals surface area contributed by atoms with Crippen LogP contribution in [0.5, 0.6) is 5.75 Å². The monoisotopic (exact) mass is 255 g/mol. The van der Waals surface area contributed by atoms with Gasteiger partial charge >= 0.3 is 0 Å². The fourth-order valence-corrected chi connectivity index (χ4v) is 1.73. The highest BCUT2D eigenvalue weighted by atomic mass is 35.5. The van der Waals surface area contributed by atoms with E-state index in [9.17, 15) is 5.11 Å². The average Bonchev–Trinajstić information content (AvgIpc) is 3.11. The molecule has 0 aliphatic heterocycles. The highest BCUT2D eigenvalue weighted by Gasteiger charge is 2.21. The smallest absolute Gasteiger partial charge is 0.123 e. The lowest BCUT2D eigenvalue weighted by molar-refractivity contribution is 0.106. The normalized spacial score (nSPS) is 16.9. The summed E-state index contributed by atoms with van der Waals surface area (Å²) in [6.07, 6.45) is 1.97. The van der Waals surface area contributed by atoms with E-state index in [4.69, 9.17) is 16.3 Å². The predicted octanol–water partition coefficient (Wildman–Crippen LogP) is 2.14. The fourth-order valence-electron chi connectivity index (χ4n) is 1.56. The SMILES string of the molecule is Cc1ccc(Cl)cc1OCC(O)CNC1CC1. The van der Waals surface area contributed by atoms with Crippen LogP contribution >= 0.6 is 11.6 Å². The summed E-state index contributed by atoms with van der Waals surface area (Å²) >= 11 is 5.89. The first kappa shape index (κ1) is 12.7. The van der Waals surface area contributed by atoms with E-state index in [0.717, 1.165) is 11.3 Å². The summed E-state index contributed by atoms with van der Waals surface area (Å²) < 4.78 is 5.56. The van der Waals surface area contributed by atoms with E-state index in [1.165, 1.54) is 12.8 Å². The van der Waals surface area contributed by atoms with Crippen LogP contribution in [-0.2, 0) is 0 Å². The van der Waals surface area contributed by atoms with Crippen LogP contribution in [0.2, 0.25) is 5.02 Å². The third-order valence-corrected chi connectivity index (χ3v) is 3.04. The van der Waals surface area contributed by atoms with Crippen molar-refractivity contribution in [2.45, 2.75) is 31.9 Å². The number of hydrogen-bond donors (Lipinski definition) is 2. The van der Waals surface area contributed by atoms with Crippen molar-refractivity contribution in [1.82, 2.24) is 5.32 Å². The molecular weight excluding hydrogens is 238 g/mol. The molecule has 1 aromatic carbocycles. The Bertz CT molecular complexity index is 380. The van der Waals surface area contributed by atoms with Crippen LogP contribution in [0.25, 0.3) is 0 Å². The molecule has 17 heavy (non-hydrogen) atoms. The van der Waals surface area contributed by atoms with Gasteiger partial charge in [-0.2, -0.15) is 0 Å². The molecule has 0 amide bonds. The van der Waals surface area contributed by atoms with Crippen molar-refractivity contribution >= 4 is 11.6 Å². The van der Waals surface area contributed by atoms with Gasteiger partial charge in [0, 0.05) is 17.6 Å². The highest BCUT2D eigenvalue weighted by Crippen LogP contribution is 2.22. The molecule has 2 N–H and O–H groups in total. The van der Waals surface area contributed by atoms with Crippen LogP contribution in [0, 0.1) is 6.92 Å². The molecule has 1 aliphatic rings. The maximum Gasteiger partial charge on any atom is 0.123 e. The summed E-state index contributed by atoms with van der Waals surface area (Å²) in [6.45, 7) is 2.84. The van der Waals surface area contributed by atoms with Crippen molar-refractivity contribution in [2.75, 3.05) is 13.2 Å². The molecule has 4 heteroatoms. The van der Waals surface area contributed by atoms with Crippen LogP contribution in [0.4, 0.5) is 0 Å². The Morgan fingerprint density at radius 3 is 3.00 bits per heavy atom. The molecule has 0 radical (unpaired) electrons. The number of aliphatic hydroxyl groups is 1. The van der Waals surface area contributed by atoms with Gasteiger partial charge in [0.1, 0.15) is 18.5 Å². The topological polar surface area (TPSA) is 41.5 Å². The molecule has 1 fully saturated rings. The Morgan fingerprint density at radius 2 is 2.29 bits per heavy atom. The Labute approximate surface area is 107 Å². The van der Waals surface area contributed by atoms with E-state index < -0.39 is 6.10 Å². The third kappa shape index (κ3) is 4.19. The van der Waals surface area contributed by atoms with Crippen molar-refractivity contribution in [2.24, 2.45) is 0 Å². The van der Waals surface area contributed by atoms with Crippen LogP contribution in [-0.4, -0.2) is 30.4 Å². The van der Waals surface area contributed by atoms with E-state index in [1.54, 1.807) is 6.07 Å². The van der Waals surface area contributed by atoms with E-state index >= 15 is 0 Å². The number of halogens is 1. The van der Waals surface area contributed by atoms with Gasteiger partial charge in [0.2, 0.25) is 0 Å². The molecule has 0 aromatic heterocycles. The van der Waals surface area contributed by atoms with Crippen LogP contribution in [0.15, 0.2) is 18.2 Å². The van der Waals surface area contributed by atoms with E-state index in [0.29, 0.717) is 24.2 Å². The second-order valence-electron chi connectivity index (χ2n) is 4.56. The molecule has 1 aliphatic carbocycles. The van der Waals surface area contributed by atoms with Gasteiger partial charge in [0.25, 0.3) is 0 Å². The zero-order valence-corrected chi connectivity index (χ0v) is 10.7. The van der Waals surface area contributed by atoms with E-state index in [1.807, 2.05) is 19.1 Å². The molecule has 0 bridgehead atoms. The first-order chi connectivity index (χ1) is 8.15. The lowest BCUT2D eigenvalue weighted by atomic mass is 10.2. The van der Waals surface area contributed by atoms with Gasteiger partial charge < -0.3 is 15.2 Å². The molecule has 94 valence electrons. The van der Waals surface area contributed by atoms with Crippen molar-refractivity contribution in [3.63, 3.8) is 0 Å². The maximum absolute atomic E-state index is 9.73. The fraction of sp³-hybridized carbons (Fsp3) is 0.538. The molecule has 1 atom stereocenters. The van der Waals surface area contributed by atoms with Crippen LogP contribution in [0.1, 0.15) is 18.4 Å². The minimum Gasteiger partial charge on any atom is -0.491 e. The minimum absolute atomic E-state index is 0.293. The standard InChI is InChI=1S/C13H18ClNO2/c1-9-2-3-10(14)6-13(9)17-8-12(16)7-15-11-4-5-11/h2-3,6,11-12,15-16H,4-5,7-8H2,1H3. The lowest BCUT2D eigenvalue weighted by Gasteiger charge is -2.14. The van der Waals surface area contributed by atoms with Gasteiger partial charge in [0.15, 0.2) is 0 Å². The number of rotatable bonds is 6. The van der Waals surface area contributed by atoms with Crippen molar-refractivity contribution in [1.29, 1.82) is 0 Å². The molecule has 1 aromatic rings. The van der Waals surface area contributed by atoms with Crippen LogP contribution < -0.4 is 10.1 Å². The Hall–Kier alpha value is -0.770. The Balaban J connectivity index is 1.77. The van der Waals surface area contributed by atoms with Gasteiger partial charge in [0.05, 0.1) is 0 Å². The van der Waals surface area contributed by atoms with E-state index in [-0.39, 0.29) is 0 Å². The summed E-state index contributed by atoms with van der Waals surface area (Å²) in [5.41, 5.74) is 1.02. The number of hydrogen-bond acceptors (Lipinski definition) is 3. The predicted molar refractivity (Wildman–Crippen MR) is 68.7 cm³/mol. The van der Waals surface area contributed by atoms with Gasteiger partial charge in [-0.1, -0.05) is 17.7 Å². The first-order valence-electron chi connectivity index (χ1n) is 5.95. The van der Waals surface area contributed by atoms with Crippen molar-refractivity contribution < 1.29 is 9.84 Å². The van der Waals surface area contributed by atoms with Crippen molar-refractivity contribution in [3.05, 3.63) is 28.8 Å². The molecule has 0 saturated heterocycles. The summed E-state index contributed by atoms with van der Waals surface area (Å²) in [4.78, 5) is 0. The zero-order chi connectivity index (χ0) is 12.3. The summed E-state index contributed by atoms with van der Waals surface area (Å²) in [6, 6.07) is 6.12. The number of nitrogens with one attached hydrogen (secondary N) is 1. The van der Waals surface area contributed by atoms with Crippen LogP contribution in [0.3, 0.4) is 0 Å².